The Morgan fingerprint density at radius 1 is 0.600 bits per heavy atom. The summed E-state index contributed by atoms with van der Waals surface area (Å²) in [5.41, 5.74) is 1.88. The Kier molecular flexibility index (Phi) is 4.05. The quantitative estimate of drug-likeness (QED) is 0.167. The number of rotatable bonds is 5. The van der Waals surface area contributed by atoms with Crippen LogP contribution in [0.5, 0.6) is 5.75 Å². The zero-order chi connectivity index (χ0) is 47.8. The van der Waals surface area contributed by atoms with Gasteiger partial charge in [0.05, 0.1) is 23.3 Å². The normalized spacial score (nSPS) is 23.0. The molecule has 0 amide bonds. The lowest BCUT2D eigenvalue weighted by Gasteiger charge is -2.31. The molecule has 2 aliphatic rings. The first-order chi connectivity index (χ1) is 31.8. The van der Waals surface area contributed by atoms with E-state index in [0.29, 0.717) is 19.3 Å². The maximum Gasteiger partial charge on any atom is 0.123 e. The Hall–Kier alpha value is -5.66. The number of benzene rings is 8. The molecule has 0 radical (unpaired) electrons. The van der Waals surface area contributed by atoms with E-state index in [0.717, 1.165) is 33.2 Å². The Balaban J connectivity index is 1.16. The van der Waals surface area contributed by atoms with Gasteiger partial charge in [0.15, 0.2) is 0 Å². The van der Waals surface area contributed by atoms with Gasteiger partial charge in [-0.3, -0.25) is 0 Å². The van der Waals surface area contributed by atoms with Gasteiger partial charge in [0, 0.05) is 11.5 Å². The van der Waals surface area contributed by atoms with Gasteiger partial charge >= 0.3 is 0 Å². The molecular weight excluding hydrogens is 605 g/mol. The summed E-state index contributed by atoms with van der Waals surface area (Å²) >= 11 is 0. The third-order valence-electron chi connectivity index (χ3n) is 10.3. The van der Waals surface area contributed by atoms with E-state index in [2.05, 4.69) is 36.4 Å². The molecule has 0 saturated heterocycles. The van der Waals surface area contributed by atoms with Crippen LogP contribution in [0.1, 0.15) is 76.7 Å². The Bertz CT molecular complexity index is 3370. The maximum absolute atomic E-state index is 9.60. The first kappa shape index (κ1) is 16.8. The van der Waals surface area contributed by atoms with E-state index >= 15 is 0 Å². The van der Waals surface area contributed by atoms with Crippen molar-refractivity contribution in [3.8, 4) is 28.0 Å². The van der Waals surface area contributed by atoms with Gasteiger partial charge in [0.2, 0.25) is 0 Å². The number of ether oxygens (including phenoxy) is 1. The van der Waals surface area contributed by atoms with E-state index in [-0.39, 0.29) is 55.8 Å². The van der Waals surface area contributed by atoms with Gasteiger partial charge in [-0.15, -0.1) is 0 Å². The Morgan fingerprint density at radius 2 is 1.30 bits per heavy atom. The van der Waals surface area contributed by atoms with Gasteiger partial charge < -0.3 is 4.74 Å². The van der Waals surface area contributed by atoms with Crippen LogP contribution in [-0.2, 0) is 6.42 Å². The molecule has 1 nitrogen and oxygen atoms in total. The topological polar surface area (TPSA) is 9.23 Å². The molecule has 1 heteroatoms. The molecule has 1 aliphatic carbocycles. The average molecular weight is 660 g/mol. The van der Waals surface area contributed by atoms with Crippen molar-refractivity contribution in [2.45, 2.75) is 43.6 Å². The summed E-state index contributed by atoms with van der Waals surface area (Å²) in [5.74, 6) is 0.171. The molecule has 8 aromatic rings. The molecule has 1 saturated carbocycles. The molecule has 1 aliphatic heterocycles. The van der Waals surface area contributed by atoms with Gasteiger partial charge in [0.25, 0.3) is 0 Å². The van der Waals surface area contributed by atoms with Gasteiger partial charge in [-0.2, -0.15) is 0 Å². The van der Waals surface area contributed by atoms with E-state index in [1.54, 1.807) is 0 Å². The number of fused-ring (bicyclic) bond motifs is 6. The SMILES string of the molecule is [2H]c1c([2H])c([2H])c(Cc2c3c([2H])c([2H])c([2H])c([2H])c3c(-c3c([2H])c([2H])c(C4CCC5Oc6cc(-c7cccc8ccccc78)ccc6C5C4)c([2H])c3[2H])c3c([2H])c([2H])c([2H])c([2H])c23)c([2H])c1[2H]. The van der Waals surface area contributed by atoms with Crippen molar-refractivity contribution < 1.29 is 28.0 Å². The van der Waals surface area contributed by atoms with Crippen molar-refractivity contribution >= 4 is 32.3 Å². The Labute approximate surface area is 317 Å². The molecule has 3 unspecified atom stereocenters. The molecule has 0 spiro atoms. The molecule has 0 N–H and O–H groups in total. The van der Waals surface area contributed by atoms with Crippen LogP contribution in [0, 0.1) is 0 Å². The molecule has 50 heavy (non-hydrogen) atoms. The molecule has 0 aromatic heterocycles. The smallest absolute Gasteiger partial charge is 0.123 e. The second kappa shape index (κ2) is 12.0. The summed E-state index contributed by atoms with van der Waals surface area (Å²) in [5, 5.41) is 0.827. The van der Waals surface area contributed by atoms with E-state index in [1.165, 1.54) is 0 Å². The maximum atomic E-state index is 9.60. The highest BCUT2D eigenvalue weighted by molar-refractivity contribution is 6.15. The minimum atomic E-state index is -0.750. The second-order valence-corrected chi connectivity index (χ2v) is 13.0. The molecule has 1 fully saturated rings. The highest BCUT2D eigenvalue weighted by atomic mass is 16.5. The number of hydrogen-bond donors (Lipinski definition) is 0. The van der Waals surface area contributed by atoms with Crippen LogP contribution >= 0.6 is 0 Å². The lowest BCUT2D eigenvalue weighted by molar-refractivity contribution is 0.154. The van der Waals surface area contributed by atoms with E-state index in [1.807, 2.05) is 24.3 Å². The van der Waals surface area contributed by atoms with Crippen LogP contribution < -0.4 is 4.74 Å². The van der Waals surface area contributed by atoms with Crippen LogP contribution in [0.4, 0.5) is 0 Å². The molecular formula is C49H38O. The van der Waals surface area contributed by atoms with E-state index in [4.69, 9.17) is 17.1 Å². The molecule has 240 valence electrons. The van der Waals surface area contributed by atoms with E-state index < -0.39 is 121 Å². The van der Waals surface area contributed by atoms with Crippen molar-refractivity contribution in [3.05, 3.63) is 186 Å². The number of hydrogen-bond acceptors (Lipinski definition) is 1. The van der Waals surface area contributed by atoms with Crippen molar-refractivity contribution in [2.24, 2.45) is 0 Å². The second-order valence-electron chi connectivity index (χ2n) is 13.0. The highest BCUT2D eigenvalue weighted by Crippen LogP contribution is 2.51. The van der Waals surface area contributed by atoms with Gasteiger partial charge in [-0.05, 0) is 109 Å². The molecule has 0 bridgehead atoms. The van der Waals surface area contributed by atoms with Crippen LogP contribution in [0.2, 0.25) is 0 Å². The van der Waals surface area contributed by atoms with Crippen molar-refractivity contribution in [1.82, 2.24) is 0 Å². The van der Waals surface area contributed by atoms with Crippen LogP contribution in [-0.4, -0.2) is 6.10 Å². The monoisotopic (exact) mass is 659 g/mol. The highest BCUT2D eigenvalue weighted by Gasteiger charge is 2.40. The first-order valence-corrected chi connectivity index (χ1v) is 16.8. The minimum absolute atomic E-state index is 0.118. The fraction of sp³-hybridized carbons (Fsp3) is 0.143. The summed E-state index contributed by atoms with van der Waals surface area (Å²) in [6.07, 6.45) is 0.668. The largest absolute Gasteiger partial charge is 0.489 e. The van der Waals surface area contributed by atoms with Crippen LogP contribution in [0.25, 0.3) is 54.6 Å². The predicted molar refractivity (Wildman–Crippen MR) is 209 cm³/mol. The predicted octanol–water partition coefficient (Wildman–Crippen LogP) is 12.9. The average Bonchev–Trinajstić information content (AvgIpc) is 3.70. The molecule has 1 heterocycles. The Morgan fingerprint density at radius 3 is 2.08 bits per heavy atom. The summed E-state index contributed by atoms with van der Waals surface area (Å²) < 4.78 is 159. The summed E-state index contributed by atoms with van der Waals surface area (Å²) in [7, 11) is 0. The van der Waals surface area contributed by atoms with Crippen LogP contribution in [0.15, 0.2) is 163 Å². The lowest BCUT2D eigenvalue weighted by Crippen LogP contribution is -2.26. The summed E-state index contributed by atoms with van der Waals surface area (Å²) in [6.45, 7) is 0. The van der Waals surface area contributed by atoms with Crippen molar-refractivity contribution in [1.29, 1.82) is 0 Å². The lowest BCUT2D eigenvalue weighted by atomic mass is 9.74. The van der Waals surface area contributed by atoms with Crippen molar-refractivity contribution in [3.63, 3.8) is 0 Å². The van der Waals surface area contributed by atoms with Crippen molar-refractivity contribution in [2.75, 3.05) is 0 Å². The zero-order valence-corrected chi connectivity index (χ0v) is 26.7. The molecule has 8 aromatic carbocycles. The van der Waals surface area contributed by atoms with Crippen LogP contribution in [0.3, 0.4) is 0 Å². The zero-order valence-electron chi connectivity index (χ0n) is 43.7. The summed E-state index contributed by atoms with van der Waals surface area (Å²) in [4.78, 5) is 0. The molecule has 3 atom stereocenters. The fourth-order valence-corrected chi connectivity index (χ4v) is 7.95. The van der Waals surface area contributed by atoms with Gasteiger partial charge in [0.1, 0.15) is 11.9 Å². The minimum Gasteiger partial charge on any atom is -0.489 e. The van der Waals surface area contributed by atoms with Gasteiger partial charge in [-0.1, -0.05) is 157 Å². The summed E-state index contributed by atoms with van der Waals surface area (Å²) in [6, 6.07) is 9.46. The molecule has 10 rings (SSSR count). The standard InChI is InChI=1S/C49H38O/c1-2-11-32(12-3-1)29-45-40-16-6-8-18-43(40)49(44-19-9-7-17-41(44)45)35-23-21-33(22-24-35)36-26-28-47-46(30-36)42-27-25-37(31-48(42)50-47)39-20-10-14-34-13-4-5-15-38(34)39/h1-25,27,31,36,46-47H,26,28-30H2/i1D,2D,3D,6D,7D,8D,9D,11D,12D,16D,17D,18D,19D,21D,22D,23D,24D. The van der Waals surface area contributed by atoms with E-state index in [9.17, 15) is 11.0 Å². The van der Waals surface area contributed by atoms with Gasteiger partial charge in [-0.25, -0.2) is 0 Å². The fourth-order valence-electron chi connectivity index (χ4n) is 7.95. The third kappa shape index (κ3) is 4.91. The first-order valence-electron chi connectivity index (χ1n) is 25.3. The third-order valence-corrected chi connectivity index (χ3v) is 10.3.